The quantitative estimate of drug-likeness (QED) is 0.773. The van der Waals surface area contributed by atoms with Gasteiger partial charge >= 0.3 is 0 Å². The van der Waals surface area contributed by atoms with Gasteiger partial charge in [0.05, 0.1) is 0 Å². The summed E-state index contributed by atoms with van der Waals surface area (Å²) in [6, 6.07) is 0. The van der Waals surface area contributed by atoms with Crippen molar-refractivity contribution in [2.45, 2.75) is 33.1 Å². The van der Waals surface area contributed by atoms with Crippen molar-refractivity contribution >= 4 is 5.91 Å². The SMILES string of the molecule is CC1=CCCC(C)C1CN1CCC2C(=O)NCC2C1. The van der Waals surface area contributed by atoms with Crippen LogP contribution in [0.5, 0.6) is 0 Å². The lowest BCUT2D eigenvalue weighted by Crippen LogP contribution is -2.44. The van der Waals surface area contributed by atoms with Gasteiger partial charge in [-0.2, -0.15) is 0 Å². The molecule has 0 spiro atoms. The van der Waals surface area contributed by atoms with Crippen LogP contribution < -0.4 is 5.32 Å². The standard InChI is InChI=1S/C16H26N2O/c1-11-4-3-5-12(2)15(11)10-18-7-6-14-13(9-18)8-17-16(14)19/h4,12-15H,3,5-10H2,1-2H3,(H,17,19). The number of carbonyl (C=O) groups is 1. The number of hydrogen-bond donors (Lipinski definition) is 1. The van der Waals surface area contributed by atoms with Crippen molar-refractivity contribution in [2.75, 3.05) is 26.2 Å². The Labute approximate surface area is 116 Å². The number of likely N-dealkylation sites (tertiary alicyclic amines) is 1. The Bertz CT molecular complexity index is 390. The monoisotopic (exact) mass is 262 g/mol. The number of piperidine rings is 1. The number of nitrogens with zero attached hydrogens (tertiary/aromatic N) is 1. The Morgan fingerprint density at radius 1 is 1.42 bits per heavy atom. The van der Waals surface area contributed by atoms with Crippen LogP contribution in [0.3, 0.4) is 0 Å². The lowest BCUT2D eigenvalue weighted by atomic mass is 9.79. The number of hydrogen-bond acceptors (Lipinski definition) is 2. The minimum Gasteiger partial charge on any atom is -0.355 e. The van der Waals surface area contributed by atoms with Crippen molar-refractivity contribution in [3.05, 3.63) is 11.6 Å². The molecule has 106 valence electrons. The Morgan fingerprint density at radius 3 is 3.05 bits per heavy atom. The molecule has 0 aromatic carbocycles. The van der Waals surface area contributed by atoms with Crippen molar-refractivity contribution in [1.82, 2.24) is 10.2 Å². The van der Waals surface area contributed by atoms with E-state index in [1.54, 1.807) is 5.57 Å². The number of amides is 1. The summed E-state index contributed by atoms with van der Waals surface area (Å²) in [5.74, 6) is 2.70. The third-order valence-electron chi connectivity index (χ3n) is 5.51. The Morgan fingerprint density at radius 2 is 2.26 bits per heavy atom. The second kappa shape index (κ2) is 5.28. The predicted octanol–water partition coefficient (Wildman–Crippen LogP) is 2.05. The van der Waals surface area contributed by atoms with Crippen LogP contribution in [0.4, 0.5) is 0 Å². The molecular weight excluding hydrogens is 236 g/mol. The van der Waals surface area contributed by atoms with Crippen molar-refractivity contribution in [2.24, 2.45) is 23.7 Å². The molecule has 0 saturated carbocycles. The minimum atomic E-state index is 0.298. The molecule has 3 nitrogen and oxygen atoms in total. The number of fused-ring (bicyclic) bond motifs is 1. The van der Waals surface area contributed by atoms with Gasteiger partial charge < -0.3 is 10.2 Å². The molecule has 2 saturated heterocycles. The van der Waals surface area contributed by atoms with E-state index in [0.717, 1.165) is 37.9 Å². The first-order chi connectivity index (χ1) is 9.15. The molecule has 2 aliphatic heterocycles. The molecule has 1 aliphatic carbocycles. The fraction of sp³-hybridized carbons (Fsp3) is 0.812. The van der Waals surface area contributed by atoms with Gasteiger partial charge in [-0.15, -0.1) is 0 Å². The smallest absolute Gasteiger partial charge is 0.223 e. The predicted molar refractivity (Wildman–Crippen MR) is 76.7 cm³/mol. The topological polar surface area (TPSA) is 32.3 Å². The molecule has 1 amide bonds. The van der Waals surface area contributed by atoms with E-state index in [9.17, 15) is 4.79 Å². The van der Waals surface area contributed by atoms with E-state index in [-0.39, 0.29) is 0 Å². The van der Waals surface area contributed by atoms with Gasteiger partial charge in [-0.05, 0) is 44.6 Å². The largest absolute Gasteiger partial charge is 0.355 e. The zero-order valence-corrected chi connectivity index (χ0v) is 12.2. The molecule has 0 aromatic rings. The number of nitrogens with one attached hydrogen (secondary N) is 1. The van der Waals surface area contributed by atoms with Crippen molar-refractivity contribution in [1.29, 1.82) is 0 Å². The van der Waals surface area contributed by atoms with Crippen LogP contribution in [0.2, 0.25) is 0 Å². The zero-order chi connectivity index (χ0) is 13.4. The Hall–Kier alpha value is -0.830. The highest BCUT2D eigenvalue weighted by Crippen LogP contribution is 2.33. The molecule has 3 rings (SSSR count). The first-order valence-corrected chi connectivity index (χ1v) is 7.82. The summed E-state index contributed by atoms with van der Waals surface area (Å²) in [4.78, 5) is 14.3. The van der Waals surface area contributed by atoms with Crippen LogP contribution in [0, 0.1) is 23.7 Å². The summed E-state index contributed by atoms with van der Waals surface area (Å²) >= 11 is 0. The molecular formula is C16H26N2O. The van der Waals surface area contributed by atoms with Gasteiger partial charge in [0.15, 0.2) is 0 Å². The van der Waals surface area contributed by atoms with E-state index in [4.69, 9.17) is 0 Å². The molecule has 2 fully saturated rings. The summed E-state index contributed by atoms with van der Waals surface area (Å²) in [5, 5.41) is 3.03. The van der Waals surface area contributed by atoms with Crippen LogP contribution in [0.1, 0.15) is 33.1 Å². The van der Waals surface area contributed by atoms with Gasteiger partial charge in [-0.3, -0.25) is 4.79 Å². The van der Waals surface area contributed by atoms with Gasteiger partial charge in [0.1, 0.15) is 0 Å². The van der Waals surface area contributed by atoms with Crippen LogP contribution in [0.15, 0.2) is 11.6 Å². The first-order valence-electron chi connectivity index (χ1n) is 7.82. The first kappa shape index (κ1) is 13.2. The Kier molecular flexibility index (Phi) is 3.66. The minimum absolute atomic E-state index is 0.298. The highest BCUT2D eigenvalue weighted by Gasteiger charge is 2.39. The molecule has 0 aromatic heterocycles. The van der Waals surface area contributed by atoms with Gasteiger partial charge in [0, 0.05) is 31.5 Å². The third kappa shape index (κ3) is 2.58. The lowest BCUT2D eigenvalue weighted by Gasteiger charge is -2.38. The summed E-state index contributed by atoms with van der Waals surface area (Å²) in [6.45, 7) is 9.00. The molecule has 1 N–H and O–H groups in total. The second-order valence-electron chi connectivity index (χ2n) is 6.77. The van der Waals surface area contributed by atoms with Gasteiger partial charge in [-0.1, -0.05) is 18.6 Å². The normalized spacial score (nSPS) is 39.7. The third-order valence-corrected chi connectivity index (χ3v) is 5.51. The molecule has 4 unspecified atom stereocenters. The molecule has 2 heterocycles. The highest BCUT2D eigenvalue weighted by molar-refractivity contribution is 5.81. The van der Waals surface area contributed by atoms with Gasteiger partial charge in [0.25, 0.3) is 0 Å². The van der Waals surface area contributed by atoms with Crippen LogP contribution in [-0.4, -0.2) is 37.0 Å². The van der Waals surface area contributed by atoms with Crippen LogP contribution in [0.25, 0.3) is 0 Å². The highest BCUT2D eigenvalue weighted by atomic mass is 16.2. The number of allylic oxidation sites excluding steroid dienone is 1. The van der Waals surface area contributed by atoms with Crippen molar-refractivity contribution < 1.29 is 4.79 Å². The molecule has 3 heteroatoms. The molecule has 4 atom stereocenters. The van der Waals surface area contributed by atoms with E-state index in [1.807, 2.05) is 0 Å². The van der Waals surface area contributed by atoms with Crippen molar-refractivity contribution in [3.63, 3.8) is 0 Å². The van der Waals surface area contributed by atoms with Crippen LogP contribution >= 0.6 is 0 Å². The summed E-state index contributed by atoms with van der Waals surface area (Å²) in [6.07, 6.45) is 6.08. The van der Waals surface area contributed by atoms with Crippen LogP contribution in [-0.2, 0) is 4.79 Å². The van der Waals surface area contributed by atoms with E-state index < -0.39 is 0 Å². The van der Waals surface area contributed by atoms with Gasteiger partial charge in [0.2, 0.25) is 5.91 Å². The van der Waals surface area contributed by atoms with E-state index >= 15 is 0 Å². The summed E-state index contributed by atoms with van der Waals surface area (Å²) < 4.78 is 0. The average Bonchev–Trinajstić information content (AvgIpc) is 2.76. The van der Waals surface area contributed by atoms with E-state index in [0.29, 0.717) is 17.7 Å². The summed E-state index contributed by atoms with van der Waals surface area (Å²) in [7, 11) is 0. The fourth-order valence-corrected chi connectivity index (χ4v) is 4.17. The number of carbonyl (C=O) groups excluding carboxylic acids is 1. The van der Waals surface area contributed by atoms with E-state index in [1.165, 1.54) is 19.4 Å². The van der Waals surface area contributed by atoms with Gasteiger partial charge in [-0.25, -0.2) is 0 Å². The number of rotatable bonds is 2. The van der Waals surface area contributed by atoms with E-state index in [2.05, 4.69) is 30.1 Å². The fourth-order valence-electron chi connectivity index (χ4n) is 4.17. The Balaban J connectivity index is 1.60. The molecule has 0 radical (unpaired) electrons. The van der Waals surface area contributed by atoms with Crippen molar-refractivity contribution in [3.8, 4) is 0 Å². The molecule has 0 bridgehead atoms. The average molecular weight is 262 g/mol. The maximum Gasteiger partial charge on any atom is 0.223 e. The zero-order valence-electron chi connectivity index (χ0n) is 12.2. The lowest BCUT2D eigenvalue weighted by molar-refractivity contribution is -0.124. The second-order valence-corrected chi connectivity index (χ2v) is 6.77. The molecule has 19 heavy (non-hydrogen) atoms. The maximum absolute atomic E-state index is 11.7. The molecule has 3 aliphatic rings. The maximum atomic E-state index is 11.7. The summed E-state index contributed by atoms with van der Waals surface area (Å²) in [5.41, 5.74) is 1.58.